The average Bonchev–Trinajstić information content (AvgIpc) is 2.90. The summed E-state index contributed by atoms with van der Waals surface area (Å²) in [4.78, 5) is 0. The molecule has 36 heavy (non-hydrogen) atoms. The third kappa shape index (κ3) is 7.19. The van der Waals surface area contributed by atoms with E-state index in [1.807, 2.05) is 0 Å². The molecule has 0 unspecified atom stereocenters. The SMILES string of the molecule is CCOCC(C)(COCC)CC1c2ccccc2C(CC(C)(COCC)COCC)c2ccccc21. The van der Waals surface area contributed by atoms with Crippen molar-refractivity contribution in [1.82, 2.24) is 0 Å². The van der Waals surface area contributed by atoms with Gasteiger partial charge in [0.1, 0.15) is 0 Å². The molecule has 0 saturated heterocycles. The van der Waals surface area contributed by atoms with Crippen LogP contribution in [0.4, 0.5) is 0 Å². The van der Waals surface area contributed by atoms with Crippen molar-refractivity contribution >= 4 is 0 Å². The van der Waals surface area contributed by atoms with Gasteiger partial charge in [-0.1, -0.05) is 62.4 Å². The Kier molecular flexibility index (Phi) is 11.0. The molecule has 0 atom stereocenters. The Morgan fingerprint density at radius 3 is 0.972 bits per heavy atom. The van der Waals surface area contributed by atoms with Gasteiger partial charge in [0, 0.05) is 49.1 Å². The number of fused-ring (bicyclic) bond motifs is 2. The van der Waals surface area contributed by atoms with E-state index < -0.39 is 0 Å². The fourth-order valence-corrected chi connectivity index (χ4v) is 5.76. The Morgan fingerprint density at radius 2 is 0.750 bits per heavy atom. The van der Waals surface area contributed by atoms with Gasteiger partial charge in [0.05, 0.1) is 26.4 Å². The molecule has 0 radical (unpaired) electrons. The van der Waals surface area contributed by atoms with Gasteiger partial charge in [-0.2, -0.15) is 0 Å². The van der Waals surface area contributed by atoms with E-state index in [0.29, 0.717) is 38.3 Å². The Balaban J connectivity index is 2.02. The van der Waals surface area contributed by atoms with Crippen LogP contribution in [0.15, 0.2) is 48.5 Å². The molecule has 0 N–H and O–H groups in total. The van der Waals surface area contributed by atoms with Crippen LogP contribution < -0.4 is 0 Å². The van der Waals surface area contributed by atoms with Crippen LogP contribution in [-0.4, -0.2) is 52.9 Å². The van der Waals surface area contributed by atoms with Gasteiger partial charge < -0.3 is 18.9 Å². The van der Waals surface area contributed by atoms with Crippen LogP contribution in [-0.2, 0) is 18.9 Å². The molecular weight excluding hydrogens is 448 g/mol. The first-order chi connectivity index (χ1) is 17.4. The highest BCUT2D eigenvalue weighted by atomic mass is 16.5. The zero-order valence-corrected chi connectivity index (χ0v) is 23.5. The summed E-state index contributed by atoms with van der Waals surface area (Å²) in [6.07, 6.45) is 1.98. The Labute approximate surface area is 219 Å². The minimum atomic E-state index is -0.0673. The van der Waals surface area contributed by atoms with E-state index in [9.17, 15) is 0 Å². The largest absolute Gasteiger partial charge is 0.381 e. The van der Waals surface area contributed by atoms with Crippen molar-refractivity contribution in [2.24, 2.45) is 10.8 Å². The molecule has 1 aliphatic rings. The molecule has 0 fully saturated rings. The molecule has 0 heterocycles. The highest BCUT2D eigenvalue weighted by molar-refractivity contribution is 5.53. The van der Waals surface area contributed by atoms with Crippen molar-refractivity contribution in [3.63, 3.8) is 0 Å². The van der Waals surface area contributed by atoms with E-state index in [2.05, 4.69) is 90.1 Å². The highest BCUT2D eigenvalue weighted by Gasteiger charge is 2.40. The number of hydrogen-bond acceptors (Lipinski definition) is 4. The Morgan fingerprint density at radius 1 is 0.500 bits per heavy atom. The Hall–Kier alpha value is -1.72. The first kappa shape index (κ1) is 28.8. The smallest absolute Gasteiger partial charge is 0.0542 e. The third-order valence-electron chi connectivity index (χ3n) is 7.51. The maximum Gasteiger partial charge on any atom is 0.0542 e. The summed E-state index contributed by atoms with van der Waals surface area (Å²) in [5.74, 6) is 0.620. The van der Waals surface area contributed by atoms with Crippen molar-refractivity contribution in [3.8, 4) is 0 Å². The minimum absolute atomic E-state index is 0.0673. The predicted molar refractivity (Wildman–Crippen MR) is 148 cm³/mol. The molecule has 4 nitrogen and oxygen atoms in total. The molecule has 0 amide bonds. The zero-order valence-electron chi connectivity index (χ0n) is 23.5. The number of hydrogen-bond donors (Lipinski definition) is 0. The molecule has 3 rings (SSSR count). The lowest BCUT2D eigenvalue weighted by Gasteiger charge is -2.41. The van der Waals surface area contributed by atoms with Crippen LogP contribution in [0.25, 0.3) is 0 Å². The summed E-state index contributed by atoms with van der Waals surface area (Å²) in [6.45, 7) is 18.6. The number of rotatable bonds is 16. The fourth-order valence-electron chi connectivity index (χ4n) is 5.76. The second-order valence-corrected chi connectivity index (χ2v) is 10.9. The van der Waals surface area contributed by atoms with Crippen molar-refractivity contribution in [2.75, 3.05) is 52.9 Å². The van der Waals surface area contributed by atoms with Gasteiger partial charge in [0.2, 0.25) is 0 Å². The second-order valence-electron chi connectivity index (χ2n) is 10.9. The number of benzene rings is 2. The summed E-state index contributed by atoms with van der Waals surface area (Å²) < 4.78 is 23.9. The average molecular weight is 497 g/mol. The molecule has 2 aromatic rings. The Bertz CT molecular complexity index is 786. The van der Waals surface area contributed by atoms with Gasteiger partial charge in [-0.05, 0) is 62.8 Å². The molecule has 1 aliphatic carbocycles. The van der Waals surface area contributed by atoms with Gasteiger partial charge >= 0.3 is 0 Å². The van der Waals surface area contributed by atoms with E-state index in [1.165, 1.54) is 22.3 Å². The van der Waals surface area contributed by atoms with Crippen molar-refractivity contribution in [1.29, 1.82) is 0 Å². The van der Waals surface area contributed by atoms with Crippen molar-refractivity contribution < 1.29 is 18.9 Å². The first-order valence-corrected chi connectivity index (χ1v) is 13.9. The van der Waals surface area contributed by atoms with Crippen LogP contribution in [0.3, 0.4) is 0 Å². The maximum atomic E-state index is 5.97. The van der Waals surface area contributed by atoms with Gasteiger partial charge in [0.25, 0.3) is 0 Å². The van der Waals surface area contributed by atoms with Crippen molar-refractivity contribution in [2.45, 2.75) is 66.2 Å². The molecule has 4 heteroatoms. The van der Waals surface area contributed by atoms with Gasteiger partial charge in [-0.15, -0.1) is 0 Å². The highest BCUT2D eigenvalue weighted by Crippen LogP contribution is 2.50. The molecule has 0 aromatic heterocycles. The monoisotopic (exact) mass is 496 g/mol. The van der Waals surface area contributed by atoms with Crippen LogP contribution in [0.1, 0.15) is 88.5 Å². The van der Waals surface area contributed by atoms with Crippen LogP contribution in [0.5, 0.6) is 0 Å². The third-order valence-corrected chi connectivity index (χ3v) is 7.51. The lowest BCUT2D eigenvalue weighted by molar-refractivity contribution is -0.0149. The summed E-state index contributed by atoms with van der Waals surface area (Å²) >= 11 is 0. The molecule has 0 spiro atoms. The summed E-state index contributed by atoms with van der Waals surface area (Å²) in [7, 11) is 0. The van der Waals surface area contributed by atoms with E-state index >= 15 is 0 Å². The van der Waals surface area contributed by atoms with Crippen LogP contribution >= 0.6 is 0 Å². The van der Waals surface area contributed by atoms with Gasteiger partial charge in [0.15, 0.2) is 0 Å². The molecule has 0 aliphatic heterocycles. The van der Waals surface area contributed by atoms with Gasteiger partial charge in [-0.3, -0.25) is 0 Å². The second kappa shape index (κ2) is 13.7. The zero-order chi connectivity index (χ0) is 26.0. The molecule has 0 bridgehead atoms. The summed E-state index contributed by atoms with van der Waals surface area (Å²) in [5, 5.41) is 0. The standard InChI is InChI=1S/C32H48O4/c1-7-33-21-31(5,22-34-8-2)19-29-25-15-11-13-17-27(25)30(28-18-14-12-16-26(28)29)20-32(6,23-35-9-3)24-36-10-4/h11-18,29-30H,7-10,19-24H2,1-6H3. The first-order valence-electron chi connectivity index (χ1n) is 13.9. The molecule has 0 saturated carbocycles. The maximum absolute atomic E-state index is 5.97. The van der Waals surface area contributed by atoms with E-state index in [4.69, 9.17) is 18.9 Å². The van der Waals surface area contributed by atoms with Crippen LogP contribution in [0, 0.1) is 10.8 Å². The predicted octanol–water partition coefficient (Wildman–Crippen LogP) is 7.20. The van der Waals surface area contributed by atoms with Crippen molar-refractivity contribution in [3.05, 3.63) is 70.8 Å². The lowest BCUT2D eigenvalue weighted by Crippen LogP contribution is -2.35. The number of ether oxygens (including phenoxy) is 4. The quantitative estimate of drug-likeness (QED) is 0.246. The van der Waals surface area contributed by atoms with Gasteiger partial charge in [-0.25, -0.2) is 0 Å². The van der Waals surface area contributed by atoms with E-state index in [-0.39, 0.29) is 10.8 Å². The van der Waals surface area contributed by atoms with E-state index in [0.717, 1.165) is 39.3 Å². The summed E-state index contributed by atoms with van der Waals surface area (Å²) in [5.41, 5.74) is 5.63. The van der Waals surface area contributed by atoms with Crippen LogP contribution in [0.2, 0.25) is 0 Å². The fraction of sp³-hybridized carbons (Fsp3) is 0.625. The lowest BCUT2D eigenvalue weighted by atomic mass is 9.64. The topological polar surface area (TPSA) is 36.9 Å². The normalized spacial score (nSPS) is 17.6. The molecule has 200 valence electrons. The minimum Gasteiger partial charge on any atom is -0.381 e. The molecule has 2 aromatic carbocycles. The molecular formula is C32H48O4. The summed E-state index contributed by atoms with van der Waals surface area (Å²) in [6, 6.07) is 18.1. The van der Waals surface area contributed by atoms with E-state index in [1.54, 1.807) is 0 Å².